The maximum absolute atomic E-state index is 12.2. The molecule has 1 fully saturated rings. The Kier molecular flexibility index (Phi) is 5.09. The van der Waals surface area contributed by atoms with Gasteiger partial charge in [0.05, 0.1) is 5.56 Å². The van der Waals surface area contributed by atoms with E-state index in [1.807, 2.05) is 37.3 Å². The molecule has 120 valence electrons. The van der Waals surface area contributed by atoms with E-state index in [4.69, 9.17) is 4.74 Å². The van der Waals surface area contributed by atoms with E-state index in [2.05, 4.69) is 29.2 Å². The number of likely N-dealkylation sites (tertiary alicyclic amines) is 1. The molecule has 0 unspecified atom stereocenters. The Morgan fingerprint density at radius 3 is 2.35 bits per heavy atom. The van der Waals surface area contributed by atoms with Gasteiger partial charge in [-0.05, 0) is 37.5 Å². The molecule has 0 aromatic heterocycles. The number of hydrogen-bond acceptors (Lipinski definition) is 3. The molecule has 1 saturated heterocycles. The highest BCUT2D eigenvalue weighted by Gasteiger charge is 2.22. The Balaban J connectivity index is 1.47. The molecule has 0 atom stereocenters. The molecule has 1 aliphatic heterocycles. The summed E-state index contributed by atoms with van der Waals surface area (Å²) in [5, 5.41) is 0. The summed E-state index contributed by atoms with van der Waals surface area (Å²) in [6.07, 6.45) is 1.85. The summed E-state index contributed by atoms with van der Waals surface area (Å²) < 4.78 is 5.65. The molecule has 0 saturated carbocycles. The van der Waals surface area contributed by atoms with Gasteiger partial charge >= 0.3 is 5.97 Å². The molecule has 0 N–H and O–H groups in total. The van der Waals surface area contributed by atoms with Gasteiger partial charge < -0.3 is 4.74 Å². The fourth-order valence-electron chi connectivity index (χ4n) is 2.94. The van der Waals surface area contributed by atoms with E-state index in [0.717, 1.165) is 38.0 Å². The summed E-state index contributed by atoms with van der Waals surface area (Å²) in [7, 11) is 0. The average Bonchev–Trinajstić information content (AvgIpc) is 2.58. The predicted octanol–water partition coefficient (Wildman–Crippen LogP) is 3.82. The molecule has 1 heterocycles. The van der Waals surface area contributed by atoms with Crippen molar-refractivity contribution in [1.82, 2.24) is 4.90 Å². The average molecular weight is 309 g/mol. The highest BCUT2D eigenvalue weighted by Crippen LogP contribution is 2.18. The summed E-state index contributed by atoms with van der Waals surface area (Å²) in [6.45, 7) is 4.93. The van der Waals surface area contributed by atoms with Gasteiger partial charge in [-0.15, -0.1) is 0 Å². The number of piperidine rings is 1. The minimum Gasteiger partial charge on any atom is -0.459 e. The van der Waals surface area contributed by atoms with Crippen LogP contribution < -0.4 is 0 Å². The molecule has 23 heavy (non-hydrogen) atoms. The van der Waals surface area contributed by atoms with Crippen LogP contribution in [0.2, 0.25) is 0 Å². The number of carbonyl (C=O) groups excluding carboxylic acids is 1. The quantitative estimate of drug-likeness (QED) is 0.804. The predicted molar refractivity (Wildman–Crippen MR) is 91.3 cm³/mol. The first-order valence-corrected chi connectivity index (χ1v) is 8.24. The Morgan fingerprint density at radius 1 is 1.04 bits per heavy atom. The van der Waals surface area contributed by atoms with E-state index < -0.39 is 0 Å². The largest absolute Gasteiger partial charge is 0.459 e. The molecule has 3 heteroatoms. The zero-order valence-electron chi connectivity index (χ0n) is 13.6. The van der Waals surface area contributed by atoms with E-state index in [9.17, 15) is 4.79 Å². The first-order chi connectivity index (χ1) is 11.2. The van der Waals surface area contributed by atoms with Crippen LogP contribution in [0.3, 0.4) is 0 Å². The highest BCUT2D eigenvalue weighted by molar-refractivity contribution is 5.89. The van der Waals surface area contributed by atoms with Gasteiger partial charge in [-0.1, -0.05) is 48.0 Å². The van der Waals surface area contributed by atoms with Gasteiger partial charge in [0, 0.05) is 19.6 Å². The molecule has 0 radical (unpaired) electrons. The number of ether oxygens (including phenoxy) is 1. The summed E-state index contributed by atoms with van der Waals surface area (Å²) in [6, 6.07) is 18.1. The Hall–Kier alpha value is -2.13. The van der Waals surface area contributed by atoms with Gasteiger partial charge in [0.1, 0.15) is 6.10 Å². The van der Waals surface area contributed by atoms with Crippen LogP contribution in [0.5, 0.6) is 0 Å². The Bertz CT molecular complexity index is 628. The van der Waals surface area contributed by atoms with Crippen LogP contribution in [0.15, 0.2) is 54.6 Å². The smallest absolute Gasteiger partial charge is 0.338 e. The normalized spacial score (nSPS) is 16.2. The van der Waals surface area contributed by atoms with Gasteiger partial charge in [-0.3, -0.25) is 4.90 Å². The molecular formula is C20H23NO2. The molecule has 0 bridgehead atoms. The summed E-state index contributed by atoms with van der Waals surface area (Å²) in [4.78, 5) is 14.6. The third-order valence-corrected chi connectivity index (χ3v) is 4.34. The van der Waals surface area contributed by atoms with Gasteiger partial charge in [-0.2, -0.15) is 0 Å². The summed E-state index contributed by atoms with van der Waals surface area (Å²) in [5.74, 6) is -0.202. The molecule has 0 aliphatic carbocycles. The number of esters is 1. The maximum atomic E-state index is 12.2. The monoisotopic (exact) mass is 309 g/mol. The molecule has 3 nitrogen and oxygen atoms in total. The van der Waals surface area contributed by atoms with Crippen LogP contribution in [0, 0.1) is 6.92 Å². The van der Waals surface area contributed by atoms with Crippen LogP contribution in [-0.2, 0) is 11.3 Å². The first-order valence-electron chi connectivity index (χ1n) is 8.24. The van der Waals surface area contributed by atoms with Crippen molar-refractivity contribution in [3.63, 3.8) is 0 Å². The number of benzene rings is 2. The highest BCUT2D eigenvalue weighted by atomic mass is 16.5. The van der Waals surface area contributed by atoms with Crippen molar-refractivity contribution in [2.24, 2.45) is 0 Å². The number of rotatable bonds is 4. The van der Waals surface area contributed by atoms with Gasteiger partial charge in [-0.25, -0.2) is 4.79 Å². The second-order valence-corrected chi connectivity index (χ2v) is 6.23. The van der Waals surface area contributed by atoms with Crippen molar-refractivity contribution in [1.29, 1.82) is 0 Å². The van der Waals surface area contributed by atoms with Crippen LogP contribution in [0.1, 0.15) is 34.3 Å². The summed E-state index contributed by atoms with van der Waals surface area (Å²) >= 11 is 0. The lowest BCUT2D eigenvalue weighted by Crippen LogP contribution is -2.37. The molecule has 2 aromatic rings. The van der Waals surface area contributed by atoms with Crippen LogP contribution in [0.4, 0.5) is 0 Å². The maximum Gasteiger partial charge on any atom is 0.338 e. The van der Waals surface area contributed by atoms with Crippen molar-refractivity contribution in [2.45, 2.75) is 32.4 Å². The van der Waals surface area contributed by atoms with Crippen molar-refractivity contribution < 1.29 is 9.53 Å². The Labute approximate surface area is 137 Å². The molecule has 3 rings (SSSR count). The lowest BCUT2D eigenvalue weighted by molar-refractivity contribution is 0.0104. The zero-order chi connectivity index (χ0) is 16.1. The van der Waals surface area contributed by atoms with E-state index in [-0.39, 0.29) is 12.1 Å². The van der Waals surface area contributed by atoms with E-state index in [1.165, 1.54) is 5.56 Å². The van der Waals surface area contributed by atoms with E-state index >= 15 is 0 Å². The zero-order valence-corrected chi connectivity index (χ0v) is 13.6. The van der Waals surface area contributed by atoms with E-state index in [1.54, 1.807) is 0 Å². The van der Waals surface area contributed by atoms with Crippen molar-refractivity contribution in [2.75, 3.05) is 13.1 Å². The second-order valence-electron chi connectivity index (χ2n) is 6.23. The van der Waals surface area contributed by atoms with E-state index in [0.29, 0.717) is 5.56 Å². The Morgan fingerprint density at radius 2 is 1.70 bits per heavy atom. The van der Waals surface area contributed by atoms with Crippen LogP contribution >= 0.6 is 0 Å². The number of carbonyl (C=O) groups is 1. The third-order valence-electron chi connectivity index (χ3n) is 4.34. The number of nitrogens with zero attached hydrogens (tertiary/aromatic N) is 1. The molecule has 1 aliphatic rings. The lowest BCUT2D eigenvalue weighted by Gasteiger charge is -2.31. The van der Waals surface area contributed by atoms with Crippen molar-refractivity contribution in [3.05, 3.63) is 71.3 Å². The van der Waals surface area contributed by atoms with Crippen molar-refractivity contribution >= 4 is 5.97 Å². The third kappa shape index (κ3) is 4.42. The lowest BCUT2D eigenvalue weighted by atomic mass is 10.1. The van der Waals surface area contributed by atoms with Crippen LogP contribution in [-0.4, -0.2) is 30.1 Å². The fraction of sp³-hybridized carbons (Fsp3) is 0.350. The summed E-state index contributed by atoms with van der Waals surface area (Å²) in [5.41, 5.74) is 3.13. The molecule has 0 amide bonds. The SMILES string of the molecule is Cc1ccc(C(=O)OC2CCN(Cc3ccccc3)CC2)cc1. The van der Waals surface area contributed by atoms with Crippen molar-refractivity contribution in [3.8, 4) is 0 Å². The van der Waals surface area contributed by atoms with Gasteiger partial charge in [0.2, 0.25) is 0 Å². The van der Waals surface area contributed by atoms with Gasteiger partial charge in [0.25, 0.3) is 0 Å². The number of aryl methyl sites for hydroxylation is 1. The first kappa shape index (κ1) is 15.8. The second kappa shape index (κ2) is 7.42. The van der Waals surface area contributed by atoms with Crippen LogP contribution in [0.25, 0.3) is 0 Å². The minimum absolute atomic E-state index is 0.0378. The fourth-order valence-corrected chi connectivity index (χ4v) is 2.94. The van der Waals surface area contributed by atoms with Gasteiger partial charge in [0.15, 0.2) is 0 Å². The number of hydrogen-bond donors (Lipinski definition) is 0. The standard InChI is InChI=1S/C20H23NO2/c1-16-7-9-18(10-8-16)20(22)23-19-11-13-21(14-12-19)15-17-5-3-2-4-6-17/h2-10,19H,11-15H2,1H3. The molecule has 2 aromatic carbocycles. The molecule has 0 spiro atoms. The minimum atomic E-state index is -0.202. The topological polar surface area (TPSA) is 29.5 Å². The molecular weight excluding hydrogens is 286 g/mol.